The van der Waals surface area contributed by atoms with Crippen molar-refractivity contribution in [2.24, 2.45) is 0 Å². The molecular formula is C18H22N4O4. The Bertz CT molecular complexity index is 785. The highest BCUT2D eigenvalue weighted by atomic mass is 16.7. The topological polar surface area (TPSA) is 98.5 Å². The zero-order valence-corrected chi connectivity index (χ0v) is 14.7. The van der Waals surface area contributed by atoms with E-state index in [0.717, 1.165) is 31.2 Å². The van der Waals surface area contributed by atoms with E-state index in [2.05, 4.69) is 20.8 Å². The second-order valence-electron chi connectivity index (χ2n) is 6.72. The standard InChI is InChI=1S/C18H22N4O4/c1-12-20-16(22-26-12)13-5-4-6-14(9-13)21-17(23)19-10-15-11-24-18(25-15)7-2-3-8-18/h4-6,9,15H,2-3,7-8,10-11H2,1H3,(H2,19,21,23)/t15-/m0/s1. The van der Waals surface area contributed by atoms with Gasteiger partial charge in [-0.1, -0.05) is 17.3 Å². The van der Waals surface area contributed by atoms with Crippen molar-refractivity contribution in [3.63, 3.8) is 0 Å². The maximum absolute atomic E-state index is 12.2. The average Bonchev–Trinajstić information content (AvgIpc) is 3.36. The summed E-state index contributed by atoms with van der Waals surface area (Å²) in [7, 11) is 0. The summed E-state index contributed by atoms with van der Waals surface area (Å²) in [4.78, 5) is 16.4. The Morgan fingerprint density at radius 2 is 2.19 bits per heavy atom. The van der Waals surface area contributed by atoms with Crippen LogP contribution in [-0.4, -0.2) is 41.2 Å². The fraction of sp³-hybridized carbons (Fsp3) is 0.500. The molecule has 1 atom stereocenters. The van der Waals surface area contributed by atoms with Gasteiger partial charge in [0, 0.05) is 37.6 Å². The van der Waals surface area contributed by atoms with Crippen molar-refractivity contribution < 1.29 is 18.8 Å². The number of carbonyl (C=O) groups is 1. The van der Waals surface area contributed by atoms with E-state index in [-0.39, 0.29) is 12.1 Å². The highest BCUT2D eigenvalue weighted by molar-refractivity contribution is 5.89. The number of nitrogens with zero attached hydrogens (tertiary/aromatic N) is 2. The molecule has 0 bridgehead atoms. The first-order valence-electron chi connectivity index (χ1n) is 8.89. The number of hydrogen-bond acceptors (Lipinski definition) is 6. The van der Waals surface area contributed by atoms with Gasteiger partial charge < -0.3 is 24.6 Å². The molecule has 0 unspecified atom stereocenters. The Morgan fingerprint density at radius 3 is 2.96 bits per heavy atom. The lowest BCUT2D eigenvalue weighted by Crippen LogP contribution is -2.37. The van der Waals surface area contributed by atoms with Crippen LogP contribution in [0.5, 0.6) is 0 Å². The third-order valence-corrected chi connectivity index (χ3v) is 4.68. The van der Waals surface area contributed by atoms with E-state index in [1.807, 2.05) is 12.1 Å². The van der Waals surface area contributed by atoms with Crippen LogP contribution in [0.4, 0.5) is 10.5 Å². The summed E-state index contributed by atoms with van der Waals surface area (Å²) in [5.41, 5.74) is 1.42. The molecule has 138 valence electrons. The first kappa shape index (κ1) is 17.0. The Balaban J connectivity index is 1.30. The number of ether oxygens (including phenoxy) is 2. The van der Waals surface area contributed by atoms with Gasteiger partial charge in [0.25, 0.3) is 0 Å². The Morgan fingerprint density at radius 1 is 1.35 bits per heavy atom. The molecule has 2 aromatic rings. The van der Waals surface area contributed by atoms with Crippen molar-refractivity contribution in [3.8, 4) is 11.4 Å². The molecule has 1 spiro atoms. The van der Waals surface area contributed by atoms with Crippen LogP contribution in [0.25, 0.3) is 11.4 Å². The summed E-state index contributed by atoms with van der Waals surface area (Å²) < 4.78 is 16.8. The normalized spacial score (nSPS) is 21.2. The Hall–Kier alpha value is -2.45. The van der Waals surface area contributed by atoms with Crippen LogP contribution in [0.15, 0.2) is 28.8 Å². The maximum atomic E-state index is 12.2. The molecule has 2 N–H and O–H groups in total. The molecule has 8 nitrogen and oxygen atoms in total. The van der Waals surface area contributed by atoms with E-state index in [1.165, 1.54) is 0 Å². The predicted molar refractivity (Wildman–Crippen MR) is 93.5 cm³/mol. The minimum Gasteiger partial charge on any atom is -0.347 e. The molecule has 1 saturated carbocycles. The predicted octanol–water partition coefficient (Wildman–Crippen LogP) is 2.85. The molecule has 26 heavy (non-hydrogen) atoms. The minimum atomic E-state index is -0.403. The lowest BCUT2D eigenvalue weighted by Gasteiger charge is -2.22. The maximum Gasteiger partial charge on any atom is 0.319 e. The smallest absolute Gasteiger partial charge is 0.319 e. The van der Waals surface area contributed by atoms with Crippen molar-refractivity contribution >= 4 is 11.7 Å². The number of aromatic nitrogens is 2. The van der Waals surface area contributed by atoms with Crippen molar-refractivity contribution in [1.82, 2.24) is 15.5 Å². The molecule has 1 aromatic heterocycles. The van der Waals surface area contributed by atoms with Gasteiger partial charge in [0.05, 0.1) is 6.61 Å². The van der Waals surface area contributed by atoms with Crippen molar-refractivity contribution in [2.45, 2.75) is 44.5 Å². The summed E-state index contributed by atoms with van der Waals surface area (Å²) in [6, 6.07) is 7.00. The summed E-state index contributed by atoms with van der Waals surface area (Å²) in [5, 5.41) is 9.53. The van der Waals surface area contributed by atoms with Crippen molar-refractivity contribution in [3.05, 3.63) is 30.2 Å². The van der Waals surface area contributed by atoms with E-state index in [9.17, 15) is 4.79 Å². The van der Waals surface area contributed by atoms with Gasteiger partial charge in [-0.15, -0.1) is 0 Å². The number of hydrogen-bond donors (Lipinski definition) is 2. The van der Waals surface area contributed by atoms with E-state index >= 15 is 0 Å². The fourth-order valence-corrected chi connectivity index (χ4v) is 3.43. The number of amides is 2. The molecule has 2 amide bonds. The lowest BCUT2D eigenvalue weighted by molar-refractivity contribution is -0.160. The van der Waals surface area contributed by atoms with Gasteiger partial charge in [-0.05, 0) is 25.0 Å². The number of anilines is 1. The van der Waals surface area contributed by atoms with Crippen LogP contribution < -0.4 is 10.6 Å². The van der Waals surface area contributed by atoms with Crippen LogP contribution in [0.1, 0.15) is 31.6 Å². The third-order valence-electron chi connectivity index (χ3n) is 4.68. The number of urea groups is 1. The highest BCUT2D eigenvalue weighted by Crippen LogP contribution is 2.38. The third kappa shape index (κ3) is 3.71. The quantitative estimate of drug-likeness (QED) is 0.872. The monoisotopic (exact) mass is 358 g/mol. The Kier molecular flexibility index (Phi) is 4.60. The molecule has 1 aliphatic heterocycles. The van der Waals surface area contributed by atoms with Gasteiger partial charge in [0.15, 0.2) is 5.79 Å². The number of rotatable bonds is 4. The first-order chi connectivity index (χ1) is 12.6. The fourth-order valence-electron chi connectivity index (χ4n) is 3.43. The van der Waals surface area contributed by atoms with E-state index < -0.39 is 5.79 Å². The summed E-state index contributed by atoms with van der Waals surface area (Å²) >= 11 is 0. The van der Waals surface area contributed by atoms with Gasteiger partial charge in [-0.25, -0.2) is 4.79 Å². The van der Waals surface area contributed by atoms with Crippen molar-refractivity contribution in [2.75, 3.05) is 18.5 Å². The van der Waals surface area contributed by atoms with Crippen LogP contribution >= 0.6 is 0 Å². The minimum absolute atomic E-state index is 0.104. The number of carbonyl (C=O) groups excluding carboxylic acids is 1. The summed E-state index contributed by atoms with van der Waals surface area (Å²) in [6.45, 7) is 2.67. The second kappa shape index (κ2) is 7.05. The van der Waals surface area contributed by atoms with Crippen molar-refractivity contribution in [1.29, 1.82) is 0 Å². The highest BCUT2D eigenvalue weighted by Gasteiger charge is 2.43. The summed E-state index contributed by atoms with van der Waals surface area (Å²) in [6.07, 6.45) is 4.05. The van der Waals surface area contributed by atoms with Gasteiger partial charge in [0.1, 0.15) is 6.10 Å². The van der Waals surface area contributed by atoms with Gasteiger partial charge in [0.2, 0.25) is 11.7 Å². The molecular weight excluding hydrogens is 336 g/mol. The SMILES string of the molecule is Cc1nc(-c2cccc(NC(=O)NC[C@H]3COC4(CCCC4)O3)c2)no1. The Labute approximate surface area is 151 Å². The van der Waals surface area contributed by atoms with E-state index in [0.29, 0.717) is 30.6 Å². The van der Waals surface area contributed by atoms with E-state index in [4.69, 9.17) is 14.0 Å². The second-order valence-corrected chi connectivity index (χ2v) is 6.72. The first-order valence-corrected chi connectivity index (χ1v) is 8.89. The zero-order chi connectivity index (χ0) is 18.0. The number of nitrogens with one attached hydrogen (secondary N) is 2. The van der Waals surface area contributed by atoms with Crippen LogP contribution in [0.3, 0.4) is 0 Å². The van der Waals surface area contributed by atoms with Gasteiger partial charge in [-0.2, -0.15) is 4.98 Å². The molecule has 2 fully saturated rings. The van der Waals surface area contributed by atoms with Crippen LogP contribution in [0.2, 0.25) is 0 Å². The molecule has 4 rings (SSSR count). The zero-order valence-electron chi connectivity index (χ0n) is 14.7. The molecule has 1 aromatic carbocycles. The largest absolute Gasteiger partial charge is 0.347 e. The molecule has 2 heterocycles. The number of aryl methyl sites for hydroxylation is 1. The molecule has 0 radical (unpaired) electrons. The van der Waals surface area contributed by atoms with E-state index in [1.54, 1.807) is 19.1 Å². The summed E-state index contributed by atoms with van der Waals surface area (Å²) in [5.74, 6) is 0.583. The van der Waals surface area contributed by atoms with Gasteiger partial charge >= 0.3 is 6.03 Å². The molecule has 8 heteroatoms. The molecule has 2 aliphatic rings. The number of benzene rings is 1. The lowest BCUT2D eigenvalue weighted by atomic mass is 10.2. The molecule has 1 saturated heterocycles. The molecule has 1 aliphatic carbocycles. The van der Waals surface area contributed by atoms with Crippen LogP contribution in [-0.2, 0) is 9.47 Å². The van der Waals surface area contributed by atoms with Crippen LogP contribution in [0, 0.1) is 6.92 Å². The van der Waals surface area contributed by atoms with Gasteiger partial charge in [-0.3, -0.25) is 0 Å². The average molecular weight is 358 g/mol.